The van der Waals surface area contributed by atoms with Crippen molar-refractivity contribution in [1.82, 2.24) is 14.8 Å². The van der Waals surface area contributed by atoms with E-state index >= 15 is 0 Å². The maximum absolute atomic E-state index is 12.7. The first-order chi connectivity index (χ1) is 15.6. The highest BCUT2D eigenvalue weighted by Gasteiger charge is 2.21. The van der Waals surface area contributed by atoms with Gasteiger partial charge < -0.3 is 10.6 Å². The molecule has 3 aromatic carbocycles. The number of anilines is 2. The number of nitrogens with one attached hydrogen (secondary N) is 2. The predicted octanol–water partition coefficient (Wildman–Crippen LogP) is 5.31. The first-order valence-electron chi connectivity index (χ1n) is 10.4. The Labute approximate surface area is 192 Å². The van der Waals surface area contributed by atoms with Gasteiger partial charge in [-0.1, -0.05) is 60.3 Å². The van der Waals surface area contributed by atoms with Gasteiger partial charge in [0.25, 0.3) is 0 Å². The third-order valence-electron chi connectivity index (χ3n) is 4.88. The summed E-state index contributed by atoms with van der Waals surface area (Å²) in [6.45, 7) is 4.45. The number of hydrogen-bond acceptors (Lipinski definition) is 5. The van der Waals surface area contributed by atoms with Crippen molar-refractivity contribution < 1.29 is 4.79 Å². The average Bonchev–Trinajstić information content (AvgIpc) is 3.21. The second-order valence-electron chi connectivity index (χ2n) is 7.41. The summed E-state index contributed by atoms with van der Waals surface area (Å²) in [4.78, 5) is 12.7. The lowest BCUT2D eigenvalue weighted by Gasteiger charge is -2.14. The summed E-state index contributed by atoms with van der Waals surface area (Å²) in [6, 6.07) is 27.6. The second-order valence-corrected chi connectivity index (χ2v) is 8.72. The number of carbonyl (C=O) groups is 1. The lowest BCUT2D eigenvalue weighted by atomic mass is 10.2. The molecule has 0 bridgehead atoms. The highest BCUT2D eigenvalue weighted by atomic mass is 32.2. The van der Waals surface area contributed by atoms with E-state index in [2.05, 4.69) is 39.9 Å². The summed E-state index contributed by atoms with van der Waals surface area (Å²) in [5.74, 6) is 0.694. The van der Waals surface area contributed by atoms with Gasteiger partial charge in [-0.15, -0.1) is 10.2 Å². The number of carbonyl (C=O) groups excluding carboxylic acids is 1. The van der Waals surface area contributed by atoms with E-state index in [-0.39, 0.29) is 11.2 Å². The van der Waals surface area contributed by atoms with Crippen molar-refractivity contribution in [2.75, 3.05) is 10.6 Å². The van der Waals surface area contributed by atoms with Crippen LogP contribution in [0.25, 0.3) is 5.69 Å². The van der Waals surface area contributed by atoms with Gasteiger partial charge in [-0.2, -0.15) is 0 Å². The van der Waals surface area contributed by atoms with Crippen molar-refractivity contribution in [3.8, 4) is 5.69 Å². The summed E-state index contributed by atoms with van der Waals surface area (Å²) in [7, 11) is 0. The Hall–Kier alpha value is -3.58. The fourth-order valence-electron chi connectivity index (χ4n) is 3.24. The van der Waals surface area contributed by atoms with E-state index in [0.717, 1.165) is 22.9 Å². The van der Waals surface area contributed by atoms with Crippen LogP contribution in [0.3, 0.4) is 0 Å². The van der Waals surface area contributed by atoms with Crippen molar-refractivity contribution in [2.24, 2.45) is 0 Å². The van der Waals surface area contributed by atoms with Crippen molar-refractivity contribution in [3.05, 3.63) is 96.3 Å². The molecule has 0 radical (unpaired) electrons. The van der Waals surface area contributed by atoms with Gasteiger partial charge in [0.15, 0.2) is 11.0 Å². The molecule has 32 heavy (non-hydrogen) atoms. The third kappa shape index (κ3) is 5.36. The Bertz CT molecular complexity index is 1180. The molecule has 0 aliphatic heterocycles. The minimum atomic E-state index is -0.348. The first kappa shape index (κ1) is 21.6. The average molecular weight is 444 g/mol. The van der Waals surface area contributed by atoms with Gasteiger partial charge in [-0.05, 0) is 55.8 Å². The molecule has 0 saturated heterocycles. The Morgan fingerprint density at radius 2 is 1.62 bits per heavy atom. The van der Waals surface area contributed by atoms with Gasteiger partial charge in [0.05, 0.1) is 11.8 Å². The molecular weight excluding hydrogens is 418 g/mol. The molecule has 0 unspecified atom stereocenters. The molecule has 4 aromatic rings. The number of thioether (sulfide) groups is 1. The predicted molar refractivity (Wildman–Crippen MR) is 130 cm³/mol. The molecule has 0 aliphatic rings. The quantitative estimate of drug-likeness (QED) is 0.361. The number of rotatable bonds is 8. The molecule has 1 heterocycles. The van der Waals surface area contributed by atoms with Crippen LogP contribution in [0.5, 0.6) is 0 Å². The van der Waals surface area contributed by atoms with Crippen LogP contribution in [-0.2, 0) is 11.3 Å². The first-order valence-corrected chi connectivity index (χ1v) is 11.3. The number of benzene rings is 3. The van der Waals surface area contributed by atoms with Crippen molar-refractivity contribution >= 4 is 29.0 Å². The van der Waals surface area contributed by atoms with Crippen LogP contribution in [-0.4, -0.2) is 25.9 Å². The molecule has 0 spiro atoms. The van der Waals surface area contributed by atoms with Crippen LogP contribution >= 0.6 is 11.8 Å². The minimum Gasteiger partial charge on any atom is -0.378 e. The summed E-state index contributed by atoms with van der Waals surface area (Å²) in [5.41, 5.74) is 3.95. The molecule has 162 valence electrons. The van der Waals surface area contributed by atoms with E-state index in [4.69, 9.17) is 0 Å². The van der Waals surface area contributed by atoms with E-state index < -0.39 is 0 Å². The molecule has 2 N–H and O–H groups in total. The summed E-state index contributed by atoms with van der Waals surface area (Å²) in [6.07, 6.45) is 0. The molecule has 7 heteroatoms. The van der Waals surface area contributed by atoms with E-state index in [0.29, 0.717) is 11.7 Å². The summed E-state index contributed by atoms with van der Waals surface area (Å²) < 4.78 is 2.00. The lowest BCUT2D eigenvalue weighted by molar-refractivity contribution is -0.115. The normalized spacial score (nSPS) is 11.7. The molecule has 0 aliphatic carbocycles. The van der Waals surface area contributed by atoms with E-state index in [1.165, 1.54) is 17.3 Å². The van der Waals surface area contributed by atoms with E-state index in [1.54, 1.807) is 0 Å². The van der Waals surface area contributed by atoms with Gasteiger partial charge in [0.2, 0.25) is 5.91 Å². The van der Waals surface area contributed by atoms with Gasteiger partial charge >= 0.3 is 0 Å². The Morgan fingerprint density at radius 1 is 0.938 bits per heavy atom. The van der Waals surface area contributed by atoms with Crippen LogP contribution in [0.15, 0.2) is 90.1 Å². The molecular formula is C25H25N5OS. The number of hydrogen-bond donors (Lipinski definition) is 2. The molecule has 1 amide bonds. The Morgan fingerprint density at radius 3 is 2.34 bits per heavy atom. The van der Waals surface area contributed by atoms with Crippen LogP contribution in [0, 0.1) is 6.92 Å². The number of aryl methyl sites for hydroxylation is 1. The second kappa shape index (κ2) is 10.2. The van der Waals surface area contributed by atoms with Crippen LogP contribution < -0.4 is 10.6 Å². The minimum absolute atomic E-state index is 0.0803. The number of nitrogens with zero attached hydrogens (tertiary/aromatic N) is 3. The monoisotopic (exact) mass is 443 g/mol. The van der Waals surface area contributed by atoms with Gasteiger partial charge in [0, 0.05) is 17.1 Å². The fraction of sp³-hybridized carbons (Fsp3) is 0.160. The molecule has 1 aromatic heterocycles. The van der Waals surface area contributed by atoms with Crippen LogP contribution in [0.1, 0.15) is 18.3 Å². The van der Waals surface area contributed by atoms with E-state index in [1.807, 2.05) is 84.3 Å². The number of amides is 1. The zero-order chi connectivity index (χ0) is 22.3. The topological polar surface area (TPSA) is 71.8 Å². The highest BCUT2D eigenvalue weighted by molar-refractivity contribution is 8.00. The van der Waals surface area contributed by atoms with Crippen molar-refractivity contribution in [1.29, 1.82) is 0 Å². The standard InChI is InChI=1S/C25H25N5OS/c1-18-10-9-13-21(16-18)26-17-23-28-29-25(30(23)22-14-7-4-8-15-22)32-19(2)24(31)27-20-11-5-3-6-12-20/h3-16,19,26H,17H2,1-2H3,(H,27,31)/t19-/m0/s1. The highest BCUT2D eigenvalue weighted by Crippen LogP contribution is 2.27. The fourth-order valence-corrected chi connectivity index (χ4v) is 4.13. The zero-order valence-corrected chi connectivity index (χ0v) is 18.8. The number of para-hydroxylation sites is 2. The lowest BCUT2D eigenvalue weighted by Crippen LogP contribution is -2.23. The van der Waals surface area contributed by atoms with Gasteiger partial charge in [-0.25, -0.2) is 0 Å². The number of aromatic nitrogens is 3. The van der Waals surface area contributed by atoms with Crippen LogP contribution in [0.2, 0.25) is 0 Å². The van der Waals surface area contributed by atoms with Crippen molar-refractivity contribution in [3.63, 3.8) is 0 Å². The molecule has 0 saturated carbocycles. The summed E-state index contributed by atoms with van der Waals surface area (Å²) >= 11 is 1.39. The van der Waals surface area contributed by atoms with Crippen LogP contribution in [0.4, 0.5) is 11.4 Å². The molecule has 6 nitrogen and oxygen atoms in total. The maximum Gasteiger partial charge on any atom is 0.237 e. The molecule has 0 fully saturated rings. The SMILES string of the molecule is Cc1cccc(NCc2nnc(S[C@@H](C)C(=O)Nc3ccccc3)n2-c2ccccc2)c1. The summed E-state index contributed by atoms with van der Waals surface area (Å²) in [5, 5.41) is 15.5. The third-order valence-corrected chi connectivity index (χ3v) is 5.92. The van der Waals surface area contributed by atoms with E-state index in [9.17, 15) is 4.79 Å². The zero-order valence-electron chi connectivity index (χ0n) is 18.0. The Kier molecular flexibility index (Phi) is 6.87. The maximum atomic E-state index is 12.7. The Balaban J connectivity index is 1.54. The van der Waals surface area contributed by atoms with Crippen molar-refractivity contribution in [2.45, 2.75) is 30.8 Å². The van der Waals surface area contributed by atoms with Gasteiger partial charge in [0.1, 0.15) is 0 Å². The van der Waals surface area contributed by atoms with Gasteiger partial charge in [-0.3, -0.25) is 9.36 Å². The molecule has 4 rings (SSSR count). The smallest absolute Gasteiger partial charge is 0.237 e. The molecule has 1 atom stereocenters. The largest absolute Gasteiger partial charge is 0.378 e.